The quantitative estimate of drug-likeness (QED) is 0.616. The summed E-state index contributed by atoms with van der Waals surface area (Å²) in [4.78, 5) is 11.9. The fourth-order valence-electron chi connectivity index (χ4n) is 2.77. The normalized spacial score (nSPS) is 12.8. The van der Waals surface area contributed by atoms with Crippen LogP contribution >= 0.6 is 0 Å². The summed E-state index contributed by atoms with van der Waals surface area (Å²) in [6.07, 6.45) is 3.35. The predicted molar refractivity (Wildman–Crippen MR) is 91.5 cm³/mol. The fraction of sp³-hybridized carbons (Fsp3) is 0.176. The van der Waals surface area contributed by atoms with Gasteiger partial charge in [0.1, 0.15) is 16.8 Å². The molecule has 0 bridgehead atoms. The number of hydrogen-bond acceptors (Lipinski definition) is 5. The lowest BCUT2D eigenvalue weighted by molar-refractivity contribution is 0.419. The van der Waals surface area contributed by atoms with Crippen LogP contribution in [0.4, 0.5) is 0 Å². The molecule has 6 nitrogen and oxygen atoms in total. The van der Waals surface area contributed by atoms with Gasteiger partial charge in [-0.25, -0.2) is 4.98 Å². The summed E-state index contributed by atoms with van der Waals surface area (Å²) in [5, 5.41) is 1.33. The molecule has 1 atom stereocenters. The standard InChI is InChI=1S/C17H15N3O3S/c1-10-8-23-13-6-7-18-12(15(10)13)9-24(21)17-19-11-4-3-5-14(22-2)16(11)20-17/h3-8H,9H2,1-2H3,(H,19,20). The Balaban J connectivity index is 1.72. The van der Waals surface area contributed by atoms with Crippen LogP contribution in [-0.4, -0.2) is 26.3 Å². The lowest BCUT2D eigenvalue weighted by Gasteiger charge is -2.01. The highest BCUT2D eigenvalue weighted by Crippen LogP contribution is 2.27. The van der Waals surface area contributed by atoms with Crippen LogP contribution in [0.1, 0.15) is 11.3 Å². The number of aryl methyl sites for hydroxylation is 1. The first-order valence-electron chi connectivity index (χ1n) is 7.40. The number of pyridine rings is 1. The van der Waals surface area contributed by atoms with E-state index < -0.39 is 10.8 Å². The summed E-state index contributed by atoms with van der Waals surface area (Å²) in [7, 11) is 0.238. The van der Waals surface area contributed by atoms with Crippen LogP contribution in [0.3, 0.4) is 0 Å². The van der Waals surface area contributed by atoms with Gasteiger partial charge in [0.25, 0.3) is 0 Å². The zero-order valence-corrected chi connectivity index (χ0v) is 14.0. The van der Waals surface area contributed by atoms with Gasteiger partial charge in [0.05, 0.1) is 41.1 Å². The molecule has 0 aliphatic carbocycles. The van der Waals surface area contributed by atoms with E-state index in [0.29, 0.717) is 16.4 Å². The molecule has 4 aromatic rings. The van der Waals surface area contributed by atoms with Crippen LogP contribution in [0.25, 0.3) is 22.0 Å². The SMILES string of the molecule is COc1cccc2[nH]c(S(=O)Cc3nccc4occ(C)c34)nc12. The third kappa shape index (κ3) is 2.37. The van der Waals surface area contributed by atoms with Gasteiger partial charge in [0, 0.05) is 11.6 Å². The second-order valence-corrected chi connectivity index (χ2v) is 6.80. The molecule has 4 rings (SSSR count). The molecule has 24 heavy (non-hydrogen) atoms. The number of aromatic nitrogens is 3. The van der Waals surface area contributed by atoms with Crippen LogP contribution in [0.5, 0.6) is 5.75 Å². The molecule has 3 heterocycles. The van der Waals surface area contributed by atoms with Gasteiger partial charge in [-0.05, 0) is 30.7 Å². The number of benzene rings is 1. The van der Waals surface area contributed by atoms with Crippen molar-refractivity contribution in [2.75, 3.05) is 7.11 Å². The number of ether oxygens (including phenoxy) is 1. The van der Waals surface area contributed by atoms with E-state index in [9.17, 15) is 4.21 Å². The average molecular weight is 341 g/mol. The number of hydrogen-bond donors (Lipinski definition) is 1. The third-order valence-corrected chi connectivity index (χ3v) is 5.07. The van der Waals surface area contributed by atoms with E-state index in [1.54, 1.807) is 25.6 Å². The largest absolute Gasteiger partial charge is 0.494 e. The Hall–Kier alpha value is -2.67. The molecule has 0 fully saturated rings. The number of fused-ring (bicyclic) bond motifs is 2. The van der Waals surface area contributed by atoms with Crippen LogP contribution in [0, 0.1) is 6.92 Å². The molecule has 0 amide bonds. The van der Waals surface area contributed by atoms with E-state index in [1.165, 1.54) is 0 Å². The van der Waals surface area contributed by atoms with Crippen molar-refractivity contribution in [2.24, 2.45) is 0 Å². The molecule has 7 heteroatoms. The smallest absolute Gasteiger partial charge is 0.197 e. The maximum absolute atomic E-state index is 12.8. The maximum Gasteiger partial charge on any atom is 0.197 e. The van der Waals surface area contributed by atoms with E-state index in [-0.39, 0.29) is 5.75 Å². The van der Waals surface area contributed by atoms with E-state index in [2.05, 4.69) is 15.0 Å². The van der Waals surface area contributed by atoms with Crippen molar-refractivity contribution in [3.05, 3.63) is 48.0 Å². The molecule has 0 saturated heterocycles. The molecular formula is C17H15N3O3S. The van der Waals surface area contributed by atoms with Gasteiger partial charge in [-0.15, -0.1) is 0 Å². The van der Waals surface area contributed by atoms with Crippen molar-refractivity contribution in [3.8, 4) is 5.75 Å². The number of aromatic amines is 1. The number of H-pyrrole nitrogens is 1. The molecule has 3 aromatic heterocycles. The first-order valence-corrected chi connectivity index (χ1v) is 8.72. The first kappa shape index (κ1) is 14.9. The number of furan rings is 1. The minimum absolute atomic E-state index is 0.264. The number of rotatable bonds is 4. The summed E-state index contributed by atoms with van der Waals surface area (Å²) in [6.45, 7) is 1.95. The summed E-state index contributed by atoms with van der Waals surface area (Å²) in [5.74, 6) is 0.915. The molecule has 0 aliphatic heterocycles. The van der Waals surface area contributed by atoms with E-state index in [0.717, 1.165) is 27.7 Å². The number of nitrogens with one attached hydrogen (secondary N) is 1. The van der Waals surface area contributed by atoms with Crippen molar-refractivity contribution >= 4 is 32.8 Å². The second-order valence-electron chi connectivity index (χ2n) is 5.44. The zero-order chi connectivity index (χ0) is 16.7. The van der Waals surface area contributed by atoms with Crippen LogP contribution in [0.2, 0.25) is 0 Å². The van der Waals surface area contributed by atoms with E-state index in [1.807, 2.05) is 25.1 Å². The predicted octanol–water partition coefficient (Wildman–Crippen LogP) is 3.33. The van der Waals surface area contributed by atoms with Gasteiger partial charge in [0.15, 0.2) is 5.16 Å². The molecule has 0 spiro atoms. The summed E-state index contributed by atoms with van der Waals surface area (Å²) < 4.78 is 23.5. The molecule has 1 N–H and O–H groups in total. The minimum Gasteiger partial charge on any atom is -0.494 e. The Morgan fingerprint density at radius 3 is 3.04 bits per heavy atom. The molecule has 1 aromatic carbocycles. The summed E-state index contributed by atoms with van der Waals surface area (Å²) in [5.41, 5.74) is 3.94. The minimum atomic E-state index is -1.35. The first-order chi connectivity index (χ1) is 11.7. The number of nitrogens with zero attached hydrogens (tertiary/aromatic N) is 2. The highest BCUT2D eigenvalue weighted by Gasteiger charge is 2.17. The number of para-hydroxylation sites is 1. The Morgan fingerprint density at radius 1 is 1.33 bits per heavy atom. The molecule has 0 radical (unpaired) electrons. The monoisotopic (exact) mass is 341 g/mol. The maximum atomic E-state index is 12.8. The zero-order valence-electron chi connectivity index (χ0n) is 13.2. The van der Waals surface area contributed by atoms with Crippen molar-refractivity contribution in [1.29, 1.82) is 0 Å². The van der Waals surface area contributed by atoms with Crippen molar-refractivity contribution in [3.63, 3.8) is 0 Å². The Bertz CT molecular complexity index is 1070. The van der Waals surface area contributed by atoms with Crippen LogP contribution in [0.15, 0.2) is 46.3 Å². The lowest BCUT2D eigenvalue weighted by atomic mass is 10.2. The molecule has 1 unspecified atom stereocenters. The number of imidazole rings is 1. The van der Waals surface area contributed by atoms with Crippen molar-refractivity contribution < 1.29 is 13.4 Å². The fourth-order valence-corrected chi connectivity index (χ4v) is 3.79. The summed E-state index contributed by atoms with van der Waals surface area (Å²) in [6, 6.07) is 7.38. The molecule has 122 valence electrons. The van der Waals surface area contributed by atoms with Crippen LogP contribution in [-0.2, 0) is 16.6 Å². The van der Waals surface area contributed by atoms with Gasteiger partial charge >= 0.3 is 0 Å². The van der Waals surface area contributed by atoms with Gasteiger partial charge in [-0.3, -0.25) is 9.19 Å². The van der Waals surface area contributed by atoms with Crippen molar-refractivity contribution in [1.82, 2.24) is 15.0 Å². The average Bonchev–Trinajstić information content (AvgIpc) is 3.19. The Morgan fingerprint density at radius 2 is 2.21 bits per heavy atom. The summed E-state index contributed by atoms with van der Waals surface area (Å²) >= 11 is 0. The molecular weight excluding hydrogens is 326 g/mol. The lowest BCUT2D eigenvalue weighted by Crippen LogP contribution is -2.01. The Labute approximate surface area is 140 Å². The highest BCUT2D eigenvalue weighted by atomic mass is 32.2. The van der Waals surface area contributed by atoms with Gasteiger partial charge in [-0.2, -0.15) is 0 Å². The topological polar surface area (TPSA) is 81.0 Å². The van der Waals surface area contributed by atoms with Gasteiger partial charge < -0.3 is 14.1 Å². The molecule has 0 aliphatic rings. The third-order valence-electron chi connectivity index (χ3n) is 3.91. The second kappa shape index (κ2) is 5.76. The van der Waals surface area contributed by atoms with Gasteiger partial charge in [0.2, 0.25) is 0 Å². The van der Waals surface area contributed by atoms with Gasteiger partial charge in [-0.1, -0.05) is 6.07 Å². The van der Waals surface area contributed by atoms with E-state index in [4.69, 9.17) is 9.15 Å². The highest BCUT2D eigenvalue weighted by molar-refractivity contribution is 7.84. The van der Waals surface area contributed by atoms with Crippen molar-refractivity contribution in [2.45, 2.75) is 17.8 Å². The Kier molecular flexibility index (Phi) is 3.57. The van der Waals surface area contributed by atoms with Crippen LogP contribution < -0.4 is 4.74 Å². The molecule has 0 saturated carbocycles. The van der Waals surface area contributed by atoms with E-state index >= 15 is 0 Å². The number of methoxy groups -OCH3 is 1.